The molecular weight excluding hydrogens is 462 g/mol. The van der Waals surface area contributed by atoms with Crippen LogP contribution in [-0.4, -0.2) is 61.6 Å². The summed E-state index contributed by atoms with van der Waals surface area (Å²) in [5, 5.41) is 5.50. The summed E-state index contributed by atoms with van der Waals surface area (Å²) in [4.78, 5) is 40.5. The van der Waals surface area contributed by atoms with Gasteiger partial charge < -0.3 is 30.3 Å². The Morgan fingerprint density at radius 2 is 1.92 bits per heavy atom. The topological polar surface area (TPSA) is 126 Å². The zero-order chi connectivity index (χ0) is 25.1. The van der Waals surface area contributed by atoms with E-state index in [4.69, 9.17) is 15.2 Å². The largest absolute Gasteiger partial charge is 0.487 e. The summed E-state index contributed by atoms with van der Waals surface area (Å²) in [5.74, 6) is -0.447. The first kappa shape index (κ1) is 23.7. The lowest BCUT2D eigenvalue weighted by Crippen LogP contribution is -2.52. The Hall–Kier alpha value is -4.05. The quantitative estimate of drug-likeness (QED) is 0.499. The van der Waals surface area contributed by atoms with E-state index in [9.17, 15) is 14.4 Å². The molecule has 10 nitrogen and oxygen atoms in total. The molecule has 2 saturated heterocycles. The van der Waals surface area contributed by atoms with Crippen LogP contribution in [0.4, 0.5) is 11.4 Å². The van der Waals surface area contributed by atoms with E-state index < -0.39 is 11.9 Å². The third-order valence-electron chi connectivity index (χ3n) is 6.60. The highest BCUT2D eigenvalue weighted by Gasteiger charge is 2.40. The lowest BCUT2D eigenvalue weighted by Gasteiger charge is -2.29. The Labute approximate surface area is 209 Å². The zero-order valence-corrected chi connectivity index (χ0v) is 19.9. The van der Waals surface area contributed by atoms with Crippen LogP contribution < -0.4 is 26.0 Å². The molecule has 3 amide bonds. The van der Waals surface area contributed by atoms with Crippen molar-refractivity contribution >= 4 is 29.1 Å². The van der Waals surface area contributed by atoms with Gasteiger partial charge in [0.25, 0.3) is 5.91 Å². The fraction of sp³-hybridized carbons (Fsp3) is 0.346. The fourth-order valence-corrected chi connectivity index (χ4v) is 4.66. The lowest BCUT2D eigenvalue weighted by atomic mass is 10.0. The number of carbonyl (C=O) groups is 3. The molecule has 36 heavy (non-hydrogen) atoms. The van der Waals surface area contributed by atoms with E-state index in [0.717, 1.165) is 37.7 Å². The van der Waals surface area contributed by atoms with Crippen LogP contribution in [0, 0.1) is 0 Å². The third kappa shape index (κ3) is 4.99. The van der Waals surface area contributed by atoms with Gasteiger partial charge in [0.05, 0.1) is 25.5 Å². The smallest absolute Gasteiger partial charge is 0.255 e. The molecule has 2 fully saturated rings. The van der Waals surface area contributed by atoms with Crippen molar-refractivity contribution in [3.05, 3.63) is 65.5 Å². The molecule has 1 unspecified atom stereocenters. The number of morpholine rings is 1. The third-order valence-corrected chi connectivity index (χ3v) is 6.60. The second kappa shape index (κ2) is 10.3. The lowest BCUT2D eigenvalue weighted by molar-refractivity contribution is -0.136. The van der Waals surface area contributed by atoms with Crippen LogP contribution in [0.1, 0.15) is 28.8 Å². The Balaban J connectivity index is 1.19. The molecule has 4 N–H and O–H groups in total. The molecule has 2 aromatic rings. The number of nitrogens with zero attached hydrogens (tertiary/aromatic N) is 2. The van der Waals surface area contributed by atoms with Gasteiger partial charge in [-0.25, -0.2) is 0 Å². The molecule has 0 bridgehead atoms. The van der Waals surface area contributed by atoms with E-state index in [1.54, 1.807) is 24.4 Å². The first-order chi connectivity index (χ1) is 17.5. The summed E-state index contributed by atoms with van der Waals surface area (Å²) in [5.41, 5.74) is 9.91. The number of benzene rings is 2. The molecule has 10 heteroatoms. The fourth-order valence-electron chi connectivity index (χ4n) is 4.66. The summed E-state index contributed by atoms with van der Waals surface area (Å²) in [7, 11) is 0. The molecule has 3 aliphatic rings. The maximum atomic E-state index is 12.9. The summed E-state index contributed by atoms with van der Waals surface area (Å²) in [6.07, 6.45) is 2.22. The molecule has 0 aromatic heterocycles. The number of carbonyl (C=O) groups excluding carboxylic acids is 3. The summed E-state index contributed by atoms with van der Waals surface area (Å²) in [6, 6.07) is 12.7. The monoisotopic (exact) mass is 491 g/mol. The number of amides is 3. The van der Waals surface area contributed by atoms with E-state index in [1.165, 1.54) is 4.90 Å². The highest BCUT2D eigenvalue weighted by molar-refractivity contribution is 6.05. The SMILES string of the molecule is N/C(=C\Nc1ccc(N2CCOCC2)cc1)COc1cccc2c1CN(C1CCC(=O)NC1=O)C2=O. The number of nitrogens with two attached hydrogens (primary N) is 1. The highest BCUT2D eigenvalue weighted by atomic mass is 16.5. The van der Waals surface area contributed by atoms with Gasteiger partial charge in [-0.2, -0.15) is 0 Å². The Kier molecular flexibility index (Phi) is 6.77. The van der Waals surface area contributed by atoms with Crippen LogP contribution >= 0.6 is 0 Å². The van der Waals surface area contributed by atoms with Gasteiger partial charge in [0.1, 0.15) is 18.4 Å². The first-order valence-electron chi connectivity index (χ1n) is 12.0. The van der Waals surface area contributed by atoms with Crippen molar-refractivity contribution in [2.45, 2.75) is 25.4 Å². The van der Waals surface area contributed by atoms with E-state index in [2.05, 4.69) is 27.7 Å². The number of piperidine rings is 1. The minimum atomic E-state index is -0.667. The predicted octanol–water partition coefficient (Wildman–Crippen LogP) is 1.58. The molecule has 2 aromatic carbocycles. The van der Waals surface area contributed by atoms with Crippen LogP contribution in [0.3, 0.4) is 0 Å². The van der Waals surface area contributed by atoms with Gasteiger partial charge in [-0.3, -0.25) is 19.7 Å². The maximum Gasteiger partial charge on any atom is 0.255 e. The second-order valence-corrected chi connectivity index (χ2v) is 8.98. The highest BCUT2D eigenvalue weighted by Crippen LogP contribution is 2.33. The average molecular weight is 492 g/mol. The van der Waals surface area contributed by atoms with Crippen LogP contribution in [0.15, 0.2) is 54.4 Å². The van der Waals surface area contributed by atoms with E-state index in [0.29, 0.717) is 29.0 Å². The van der Waals surface area contributed by atoms with Gasteiger partial charge >= 0.3 is 0 Å². The van der Waals surface area contributed by atoms with Crippen molar-refractivity contribution in [3.63, 3.8) is 0 Å². The van der Waals surface area contributed by atoms with Gasteiger partial charge in [0.15, 0.2) is 0 Å². The van der Waals surface area contributed by atoms with E-state index in [1.807, 2.05) is 12.1 Å². The van der Waals surface area contributed by atoms with Gasteiger partial charge in [0.2, 0.25) is 11.8 Å². The number of rotatable bonds is 7. The number of ether oxygens (including phenoxy) is 2. The normalized spacial score (nSPS) is 20.3. The molecule has 0 saturated carbocycles. The van der Waals surface area contributed by atoms with Gasteiger partial charge in [-0.1, -0.05) is 6.07 Å². The zero-order valence-electron chi connectivity index (χ0n) is 19.9. The standard InChI is InChI=1S/C26H29N5O5/c27-17(14-28-18-4-6-19(7-5-18)30-10-12-35-13-11-30)16-36-23-3-1-2-20-21(23)15-31(26(20)34)22-8-9-24(32)29-25(22)33/h1-7,14,22,28H,8-13,15-16,27H2,(H,29,32,33)/b17-14-. The van der Waals surface area contributed by atoms with E-state index >= 15 is 0 Å². The number of imide groups is 1. The van der Waals surface area contributed by atoms with Crippen molar-refractivity contribution in [3.8, 4) is 5.75 Å². The van der Waals surface area contributed by atoms with Crippen molar-refractivity contribution < 1.29 is 23.9 Å². The molecule has 0 aliphatic carbocycles. The number of hydrogen-bond donors (Lipinski definition) is 3. The molecule has 188 valence electrons. The number of anilines is 2. The van der Waals surface area contributed by atoms with Crippen molar-refractivity contribution in [2.24, 2.45) is 5.73 Å². The first-order valence-corrected chi connectivity index (χ1v) is 12.0. The predicted molar refractivity (Wildman–Crippen MR) is 133 cm³/mol. The maximum absolute atomic E-state index is 12.9. The van der Waals surface area contributed by atoms with E-state index in [-0.39, 0.29) is 31.4 Å². The summed E-state index contributed by atoms with van der Waals surface area (Å²) in [6.45, 7) is 3.63. The molecule has 0 radical (unpaired) electrons. The van der Waals surface area contributed by atoms with Crippen LogP contribution in [0.5, 0.6) is 5.75 Å². The van der Waals surface area contributed by atoms with Crippen molar-refractivity contribution in [1.29, 1.82) is 0 Å². The molecule has 5 rings (SSSR count). The second-order valence-electron chi connectivity index (χ2n) is 8.98. The number of nitrogens with one attached hydrogen (secondary N) is 2. The average Bonchev–Trinajstić information content (AvgIpc) is 3.23. The molecular formula is C26H29N5O5. The van der Waals surface area contributed by atoms with Crippen LogP contribution in [0.2, 0.25) is 0 Å². The number of fused-ring (bicyclic) bond motifs is 1. The van der Waals surface area contributed by atoms with Gasteiger partial charge in [0, 0.05) is 48.2 Å². The molecule has 0 spiro atoms. The summed E-state index contributed by atoms with van der Waals surface area (Å²) < 4.78 is 11.3. The van der Waals surface area contributed by atoms with Gasteiger partial charge in [-0.15, -0.1) is 0 Å². The Bertz CT molecular complexity index is 1190. The summed E-state index contributed by atoms with van der Waals surface area (Å²) >= 11 is 0. The minimum absolute atomic E-state index is 0.127. The number of hydrogen-bond acceptors (Lipinski definition) is 8. The molecule has 3 heterocycles. The van der Waals surface area contributed by atoms with Crippen LogP contribution in [-0.2, 0) is 20.9 Å². The Morgan fingerprint density at radius 3 is 2.67 bits per heavy atom. The van der Waals surface area contributed by atoms with Crippen LogP contribution in [0.25, 0.3) is 0 Å². The molecule has 3 aliphatic heterocycles. The van der Waals surface area contributed by atoms with Crippen molar-refractivity contribution in [1.82, 2.24) is 10.2 Å². The molecule has 1 atom stereocenters. The minimum Gasteiger partial charge on any atom is -0.487 e. The Morgan fingerprint density at radius 1 is 1.14 bits per heavy atom. The van der Waals surface area contributed by atoms with Crippen molar-refractivity contribution in [2.75, 3.05) is 43.1 Å². The van der Waals surface area contributed by atoms with Gasteiger partial charge in [-0.05, 0) is 42.8 Å².